The van der Waals surface area contributed by atoms with Crippen LogP contribution in [-0.2, 0) is 26.0 Å². The first-order valence-corrected chi connectivity index (χ1v) is 9.85. The van der Waals surface area contributed by atoms with Crippen molar-refractivity contribution in [2.24, 2.45) is 0 Å². The van der Waals surface area contributed by atoms with Crippen LogP contribution in [0.2, 0.25) is 0 Å². The number of sulfonamides is 1. The summed E-state index contributed by atoms with van der Waals surface area (Å²) < 4.78 is 37.6. The van der Waals surface area contributed by atoms with Gasteiger partial charge in [0.05, 0.1) is 36.8 Å². The molecule has 0 spiro atoms. The lowest BCUT2D eigenvalue weighted by Crippen LogP contribution is -2.47. The standard InChI is InChI=1S/C16H25N3O4S/c1-13-4-3-5-17-14(13)10-18-11-15-16(12-18)23-8-9-24(20,21)19(15)6-7-22-2/h3-5,15-16H,6-12H2,1-2H3/t15-,16+/m1/s1. The topological polar surface area (TPSA) is 72.0 Å². The maximum absolute atomic E-state index is 12.5. The zero-order valence-electron chi connectivity index (χ0n) is 14.2. The second-order valence-corrected chi connectivity index (χ2v) is 8.40. The Kier molecular flexibility index (Phi) is 5.51. The number of aryl methyl sites for hydroxylation is 1. The fraction of sp³-hybridized carbons (Fsp3) is 0.688. The lowest BCUT2D eigenvalue weighted by Gasteiger charge is -2.28. The SMILES string of the molecule is COCCN1[C@@H]2CN(Cc3ncccc3C)C[C@@H]2OCCS1(=O)=O. The minimum absolute atomic E-state index is 0.0447. The van der Waals surface area contributed by atoms with E-state index in [-0.39, 0.29) is 24.5 Å². The van der Waals surface area contributed by atoms with E-state index in [2.05, 4.69) is 9.88 Å². The lowest BCUT2D eigenvalue weighted by molar-refractivity contribution is 0.0430. The van der Waals surface area contributed by atoms with E-state index >= 15 is 0 Å². The molecule has 3 heterocycles. The summed E-state index contributed by atoms with van der Waals surface area (Å²) in [5.74, 6) is 0.0447. The third-order valence-corrected chi connectivity index (χ3v) is 6.57. The van der Waals surface area contributed by atoms with Gasteiger partial charge in [-0.2, -0.15) is 4.31 Å². The molecule has 2 atom stereocenters. The Morgan fingerprint density at radius 2 is 2.25 bits per heavy atom. The molecule has 2 fully saturated rings. The van der Waals surface area contributed by atoms with Crippen molar-refractivity contribution < 1.29 is 17.9 Å². The van der Waals surface area contributed by atoms with Crippen LogP contribution in [0.4, 0.5) is 0 Å². The zero-order chi connectivity index (χ0) is 17.2. The Morgan fingerprint density at radius 1 is 1.42 bits per heavy atom. The first kappa shape index (κ1) is 17.8. The molecule has 134 valence electrons. The van der Waals surface area contributed by atoms with E-state index in [0.717, 1.165) is 17.8 Å². The number of methoxy groups -OCH3 is 1. The Balaban J connectivity index is 1.75. The Labute approximate surface area is 143 Å². The van der Waals surface area contributed by atoms with Gasteiger partial charge in [0, 0.05) is 39.5 Å². The number of ether oxygens (including phenoxy) is 2. The first-order valence-electron chi connectivity index (χ1n) is 8.24. The van der Waals surface area contributed by atoms with Gasteiger partial charge in [0.2, 0.25) is 10.0 Å². The molecule has 1 aromatic rings. The molecule has 0 aliphatic carbocycles. The van der Waals surface area contributed by atoms with Gasteiger partial charge < -0.3 is 9.47 Å². The van der Waals surface area contributed by atoms with E-state index in [0.29, 0.717) is 26.2 Å². The van der Waals surface area contributed by atoms with E-state index in [1.807, 2.05) is 19.1 Å². The van der Waals surface area contributed by atoms with Crippen molar-refractivity contribution >= 4 is 10.0 Å². The van der Waals surface area contributed by atoms with Crippen LogP contribution in [0.5, 0.6) is 0 Å². The lowest BCUT2D eigenvalue weighted by atomic mass is 10.2. The van der Waals surface area contributed by atoms with Gasteiger partial charge >= 0.3 is 0 Å². The second-order valence-electron chi connectivity index (χ2n) is 6.36. The molecule has 8 heteroatoms. The molecule has 7 nitrogen and oxygen atoms in total. The summed E-state index contributed by atoms with van der Waals surface area (Å²) in [7, 11) is -1.72. The summed E-state index contributed by atoms with van der Waals surface area (Å²) in [6.07, 6.45) is 1.70. The van der Waals surface area contributed by atoms with Crippen LogP contribution in [-0.4, -0.2) is 80.5 Å². The minimum Gasteiger partial charge on any atom is -0.383 e. The summed E-state index contributed by atoms with van der Waals surface area (Å²) in [5, 5.41) is 0. The van der Waals surface area contributed by atoms with E-state index in [9.17, 15) is 8.42 Å². The summed E-state index contributed by atoms with van der Waals surface area (Å²) in [5.41, 5.74) is 2.18. The van der Waals surface area contributed by atoms with Crippen molar-refractivity contribution in [3.8, 4) is 0 Å². The molecule has 24 heavy (non-hydrogen) atoms. The largest absolute Gasteiger partial charge is 0.383 e. The zero-order valence-corrected chi connectivity index (χ0v) is 15.0. The molecule has 0 amide bonds. The van der Waals surface area contributed by atoms with Crippen molar-refractivity contribution in [2.45, 2.75) is 25.6 Å². The first-order chi connectivity index (χ1) is 11.5. The fourth-order valence-electron chi connectivity index (χ4n) is 3.41. The number of aromatic nitrogens is 1. The normalized spacial score (nSPS) is 27.8. The number of hydrogen-bond donors (Lipinski definition) is 0. The van der Waals surface area contributed by atoms with Crippen LogP contribution in [0.1, 0.15) is 11.3 Å². The monoisotopic (exact) mass is 355 g/mol. The molecule has 0 unspecified atom stereocenters. The maximum Gasteiger partial charge on any atom is 0.216 e. The molecule has 0 saturated carbocycles. The summed E-state index contributed by atoms with van der Waals surface area (Å²) in [4.78, 5) is 6.67. The molecular formula is C16H25N3O4S. The van der Waals surface area contributed by atoms with Crippen LogP contribution in [0.3, 0.4) is 0 Å². The Morgan fingerprint density at radius 3 is 3.00 bits per heavy atom. The summed E-state index contributed by atoms with van der Waals surface area (Å²) in [6, 6.07) is 3.81. The van der Waals surface area contributed by atoms with Crippen molar-refractivity contribution in [3.05, 3.63) is 29.6 Å². The number of rotatable bonds is 5. The molecule has 3 rings (SSSR count). The molecule has 0 N–H and O–H groups in total. The quantitative estimate of drug-likeness (QED) is 0.754. The predicted octanol–water partition coefficient (Wildman–Crippen LogP) is 0.251. The van der Waals surface area contributed by atoms with E-state index in [4.69, 9.17) is 9.47 Å². The summed E-state index contributed by atoms with van der Waals surface area (Å²) >= 11 is 0. The van der Waals surface area contributed by atoms with Gasteiger partial charge in [-0.1, -0.05) is 6.07 Å². The van der Waals surface area contributed by atoms with Crippen LogP contribution < -0.4 is 0 Å². The van der Waals surface area contributed by atoms with Crippen molar-refractivity contribution in [1.82, 2.24) is 14.2 Å². The van der Waals surface area contributed by atoms with Crippen LogP contribution in [0.25, 0.3) is 0 Å². The number of hydrogen-bond acceptors (Lipinski definition) is 6. The van der Waals surface area contributed by atoms with Crippen LogP contribution in [0.15, 0.2) is 18.3 Å². The van der Waals surface area contributed by atoms with Gasteiger partial charge in [-0.05, 0) is 18.6 Å². The number of pyridine rings is 1. The van der Waals surface area contributed by atoms with Gasteiger partial charge in [0.15, 0.2) is 0 Å². The van der Waals surface area contributed by atoms with E-state index in [1.165, 1.54) is 0 Å². The van der Waals surface area contributed by atoms with Gasteiger partial charge in [-0.3, -0.25) is 9.88 Å². The van der Waals surface area contributed by atoms with E-state index < -0.39 is 10.0 Å². The summed E-state index contributed by atoms with van der Waals surface area (Å²) in [6.45, 7) is 5.15. The molecule has 0 bridgehead atoms. The molecule has 2 aliphatic rings. The average molecular weight is 355 g/mol. The van der Waals surface area contributed by atoms with Crippen LogP contribution in [0, 0.1) is 6.92 Å². The number of fused-ring (bicyclic) bond motifs is 1. The number of nitrogens with zero attached hydrogens (tertiary/aromatic N) is 3. The predicted molar refractivity (Wildman–Crippen MR) is 90.1 cm³/mol. The average Bonchev–Trinajstić information content (AvgIpc) is 2.87. The third-order valence-electron chi connectivity index (χ3n) is 4.72. The van der Waals surface area contributed by atoms with Crippen molar-refractivity contribution in [1.29, 1.82) is 0 Å². The third kappa shape index (κ3) is 3.78. The van der Waals surface area contributed by atoms with Gasteiger partial charge in [0.1, 0.15) is 0 Å². The van der Waals surface area contributed by atoms with Crippen molar-refractivity contribution in [3.63, 3.8) is 0 Å². The van der Waals surface area contributed by atoms with Gasteiger partial charge in [-0.25, -0.2) is 8.42 Å². The van der Waals surface area contributed by atoms with Gasteiger partial charge in [0.25, 0.3) is 0 Å². The highest BCUT2D eigenvalue weighted by Crippen LogP contribution is 2.26. The van der Waals surface area contributed by atoms with Gasteiger partial charge in [-0.15, -0.1) is 0 Å². The van der Waals surface area contributed by atoms with E-state index in [1.54, 1.807) is 17.6 Å². The minimum atomic E-state index is -3.30. The fourth-order valence-corrected chi connectivity index (χ4v) is 4.92. The highest BCUT2D eigenvalue weighted by atomic mass is 32.2. The highest BCUT2D eigenvalue weighted by Gasteiger charge is 2.44. The highest BCUT2D eigenvalue weighted by molar-refractivity contribution is 7.89. The maximum atomic E-state index is 12.5. The van der Waals surface area contributed by atoms with Crippen molar-refractivity contribution in [2.75, 3.05) is 45.7 Å². The Bertz CT molecular complexity index is 667. The molecule has 0 aromatic carbocycles. The molecule has 1 aromatic heterocycles. The smallest absolute Gasteiger partial charge is 0.216 e. The molecule has 2 aliphatic heterocycles. The Hall–Kier alpha value is -1.06. The number of likely N-dealkylation sites (tertiary alicyclic amines) is 1. The molecular weight excluding hydrogens is 330 g/mol. The molecule has 0 radical (unpaired) electrons. The van der Waals surface area contributed by atoms with Crippen LogP contribution >= 0.6 is 0 Å². The second kappa shape index (κ2) is 7.45. The molecule has 2 saturated heterocycles.